The Bertz CT molecular complexity index is 1680. The molecule has 15 heteroatoms. The topological polar surface area (TPSA) is 171 Å². The number of hydrogen-bond acceptors (Lipinski definition) is 9. The van der Waals surface area contributed by atoms with Gasteiger partial charge in [-0.25, -0.2) is 4.39 Å². The summed E-state index contributed by atoms with van der Waals surface area (Å²) in [6.07, 6.45) is 0. The quantitative estimate of drug-likeness (QED) is 0.291. The lowest BCUT2D eigenvalue weighted by Gasteiger charge is -2.44. The minimum atomic E-state index is -5.03. The summed E-state index contributed by atoms with van der Waals surface area (Å²) >= 11 is 0. The summed E-state index contributed by atoms with van der Waals surface area (Å²) in [4.78, 5) is 27.1. The Hall–Kier alpha value is -3.50. The van der Waals surface area contributed by atoms with Gasteiger partial charge in [-0.15, -0.1) is 4.91 Å². The van der Waals surface area contributed by atoms with Gasteiger partial charge in [0.1, 0.15) is 10.7 Å². The van der Waals surface area contributed by atoms with Crippen LogP contribution in [0.1, 0.15) is 19.4 Å². The molecule has 3 aromatic carbocycles. The number of halogens is 1. The summed E-state index contributed by atoms with van der Waals surface area (Å²) < 4.78 is 85.1. The molecular formula is C25H26FN3O9S2. The molecule has 0 unspecified atom stereocenters. The molecule has 40 heavy (non-hydrogen) atoms. The number of nitroso groups, excluding NO2 is 1. The van der Waals surface area contributed by atoms with E-state index in [1.807, 2.05) is 13.8 Å². The molecule has 0 radical (unpaired) electrons. The summed E-state index contributed by atoms with van der Waals surface area (Å²) in [7, 11) is -9.69. The summed E-state index contributed by atoms with van der Waals surface area (Å²) in [6, 6.07) is 9.63. The van der Waals surface area contributed by atoms with Crippen LogP contribution in [0.15, 0.2) is 63.5 Å². The number of carbonyl (C=O) groups is 1. The first-order chi connectivity index (χ1) is 18.7. The highest BCUT2D eigenvalue weighted by Gasteiger charge is 2.33. The lowest BCUT2D eigenvalue weighted by molar-refractivity contribution is -0.139. The van der Waals surface area contributed by atoms with E-state index in [0.717, 1.165) is 29.8 Å². The number of fused-ring (bicyclic) bond motifs is 1. The van der Waals surface area contributed by atoms with Gasteiger partial charge in [0.25, 0.3) is 26.1 Å². The molecule has 1 fully saturated rings. The minimum absolute atomic E-state index is 0.0337. The molecule has 1 aliphatic heterocycles. The fraction of sp³-hybridized carbons (Fsp3) is 0.320. The molecule has 0 aromatic heterocycles. The Morgan fingerprint density at radius 2 is 1.68 bits per heavy atom. The molecule has 1 amide bonds. The van der Waals surface area contributed by atoms with Crippen LogP contribution < -0.4 is 4.74 Å². The highest BCUT2D eigenvalue weighted by molar-refractivity contribution is 7.86. The van der Waals surface area contributed by atoms with Gasteiger partial charge in [0, 0.05) is 37.1 Å². The Labute approximate surface area is 229 Å². The maximum absolute atomic E-state index is 13.2. The third kappa shape index (κ3) is 6.28. The lowest BCUT2D eigenvalue weighted by atomic mass is 10.1. The smallest absolute Gasteiger partial charge is 0.298 e. The largest absolute Gasteiger partial charge is 0.480 e. The van der Waals surface area contributed by atoms with Crippen LogP contribution in [-0.4, -0.2) is 73.4 Å². The van der Waals surface area contributed by atoms with Crippen LogP contribution in [0.3, 0.4) is 0 Å². The van der Waals surface area contributed by atoms with Gasteiger partial charge in [0.2, 0.25) is 0 Å². The van der Waals surface area contributed by atoms with Crippen molar-refractivity contribution in [2.75, 3.05) is 19.7 Å². The number of benzene rings is 3. The molecule has 1 saturated heterocycles. The van der Waals surface area contributed by atoms with E-state index >= 15 is 0 Å². The molecule has 3 aromatic rings. The fourth-order valence-corrected chi connectivity index (χ4v) is 5.89. The van der Waals surface area contributed by atoms with Crippen molar-refractivity contribution in [2.24, 2.45) is 5.18 Å². The van der Waals surface area contributed by atoms with E-state index in [-0.39, 0.29) is 28.7 Å². The SMILES string of the molecule is C[C@@H]1CN(Cc2ccc(F)cc2)[C@@H](C)CN1C(=O)COc1c(S(=O)(=O)O)cc2cc(S(=O)(=O)O)ccc2c1N=O. The van der Waals surface area contributed by atoms with Crippen LogP contribution in [0.25, 0.3) is 10.8 Å². The number of amides is 1. The van der Waals surface area contributed by atoms with E-state index in [1.54, 1.807) is 17.0 Å². The van der Waals surface area contributed by atoms with Crippen molar-refractivity contribution in [1.82, 2.24) is 9.80 Å². The Morgan fingerprint density at radius 1 is 1.00 bits per heavy atom. The second kappa shape index (κ2) is 11.2. The lowest BCUT2D eigenvalue weighted by Crippen LogP contribution is -2.58. The number of carbonyl (C=O) groups excluding carboxylic acids is 1. The molecule has 2 N–H and O–H groups in total. The predicted molar refractivity (Wildman–Crippen MR) is 142 cm³/mol. The zero-order valence-corrected chi connectivity index (χ0v) is 23.0. The Morgan fingerprint density at radius 3 is 2.27 bits per heavy atom. The van der Waals surface area contributed by atoms with Crippen LogP contribution in [0, 0.1) is 10.7 Å². The van der Waals surface area contributed by atoms with Gasteiger partial charge in [-0.2, -0.15) is 16.8 Å². The molecule has 214 valence electrons. The van der Waals surface area contributed by atoms with E-state index in [0.29, 0.717) is 19.6 Å². The molecule has 0 spiro atoms. The maximum atomic E-state index is 13.2. The first kappa shape index (κ1) is 29.5. The fourth-order valence-electron chi connectivity index (χ4n) is 4.71. The second-order valence-corrected chi connectivity index (χ2v) is 12.4. The van der Waals surface area contributed by atoms with Crippen molar-refractivity contribution < 1.29 is 39.9 Å². The highest BCUT2D eigenvalue weighted by atomic mass is 32.2. The first-order valence-electron chi connectivity index (χ1n) is 12.0. The van der Waals surface area contributed by atoms with Crippen molar-refractivity contribution in [2.45, 2.75) is 42.3 Å². The van der Waals surface area contributed by atoms with E-state index < -0.39 is 54.0 Å². The van der Waals surface area contributed by atoms with Crippen LogP contribution >= 0.6 is 0 Å². The molecule has 2 atom stereocenters. The number of rotatable bonds is 8. The van der Waals surface area contributed by atoms with E-state index in [1.165, 1.54) is 12.1 Å². The van der Waals surface area contributed by atoms with Crippen molar-refractivity contribution >= 4 is 42.6 Å². The normalized spacial score (nSPS) is 18.6. The summed E-state index contributed by atoms with van der Waals surface area (Å²) in [6.45, 7) is 4.41. The third-order valence-electron chi connectivity index (χ3n) is 6.74. The molecular weight excluding hydrogens is 569 g/mol. The van der Waals surface area contributed by atoms with Gasteiger partial charge in [0.15, 0.2) is 18.0 Å². The van der Waals surface area contributed by atoms with Gasteiger partial charge >= 0.3 is 0 Å². The molecule has 4 rings (SSSR count). The second-order valence-electron chi connectivity index (χ2n) is 9.57. The van der Waals surface area contributed by atoms with E-state index in [2.05, 4.69) is 10.1 Å². The van der Waals surface area contributed by atoms with Gasteiger partial charge in [-0.05, 0) is 60.3 Å². The van der Waals surface area contributed by atoms with Gasteiger partial charge in [-0.1, -0.05) is 18.2 Å². The van der Waals surface area contributed by atoms with Crippen molar-refractivity contribution in [3.63, 3.8) is 0 Å². The number of hydrogen-bond donors (Lipinski definition) is 2. The zero-order chi connectivity index (χ0) is 29.4. The number of ether oxygens (including phenoxy) is 1. The minimum Gasteiger partial charge on any atom is -0.480 e. The maximum Gasteiger partial charge on any atom is 0.298 e. The molecule has 1 heterocycles. The van der Waals surface area contributed by atoms with Crippen LogP contribution in [0.2, 0.25) is 0 Å². The monoisotopic (exact) mass is 595 g/mol. The summed E-state index contributed by atoms with van der Waals surface area (Å²) in [5, 5.41) is 2.64. The predicted octanol–water partition coefficient (Wildman–Crippen LogP) is 3.37. The standard InChI is InChI=1S/C25H26FN3O9S2/c1-15-12-29(16(2)11-28(15)13-17-3-5-19(26)6-4-17)23(30)14-38-25-22(40(35,36)37)10-18-9-20(39(32,33)34)7-8-21(18)24(25)27-31/h3-10,15-16H,11-14H2,1-2H3,(H,32,33,34)(H,35,36,37)/t15-,16+/m0/s1. The van der Waals surface area contributed by atoms with E-state index in [9.17, 15) is 40.0 Å². The molecule has 12 nitrogen and oxygen atoms in total. The average molecular weight is 596 g/mol. The zero-order valence-electron chi connectivity index (χ0n) is 21.4. The molecule has 0 bridgehead atoms. The first-order valence-corrected chi connectivity index (χ1v) is 14.9. The summed E-state index contributed by atoms with van der Waals surface area (Å²) in [5.41, 5.74) is 0.334. The Balaban J connectivity index is 1.57. The van der Waals surface area contributed by atoms with E-state index in [4.69, 9.17) is 4.74 Å². The summed E-state index contributed by atoms with van der Waals surface area (Å²) in [5.74, 6) is -1.52. The Kier molecular flexibility index (Phi) is 8.23. The molecule has 0 aliphatic carbocycles. The van der Waals surface area contributed by atoms with Gasteiger partial charge in [0.05, 0.1) is 4.90 Å². The number of piperazine rings is 1. The van der Waals surface area contributed by atoms with Crippen molar-refractivity contribution in [1.29, 1.82) is 0 Å². The van der Waals surface area contributed by atoms with Gasteiger partial charge < -0.3 is 9.64 Å². The van der Waals surface area contributed by atoms with Crippen molar-refractivity contribution in [3.8, 4) is 5.75 Å². The van der Waals surface area contributed by atoms with Crippen LogP contribution in [0.5, 0.6) is 5.75 Å². The third-order valence-corrected chi connectivity index (χ3v) is 8.45. The number of nitrogens with zero attached hydrogens (tertiary/aromatic N) is 3. The average Bonchev–Trinajstić information content (AvgIpc) is 2.88. The van der Waals surface area contributed by atoms with Crippen molar-refractivity contribution in [3.05, 3.63) is 64.8 Å². The molecule has 0 saturated carbocycles. The highest BCUT2D eigenvalue weighted by Crippen LogP contribution is 2.42. The van der Waals surface area contributed by atoms with Gasteiger partial charge in [-0.3, -0.25) is 18.8 Å². The van der Waals surface area contributed by atoms with Crippen LogP contribution in [0.4, 0.5) is 10.1 Å². The van der Waals surface area contributed by atoms with Crippen LogP contribution in [-0.2, 0) is 31.6 Å². The molecule has 1 aliphatic rings.